The fourth-order valence-corrected chi connectivity index (χ4v) is 2.67. The van der Waals surface area contributed by atoms with Crippen LogP contribution in [0.3, 0.4) is 0 Å². The predicted octanol–water partition coefficient (Wildman–Crippen LogP) is 3.00. The van der Waals surface area contributed by atoms with Crippen LogP contribution in [0, 0.1) is 6.92 Å². The molecule has 0 aliphatic heterocycles. The standard InChI is InChI=1S/C15H13N5/c1-8-10(3-5-14-12(8)7-17-18-14)9-2-4-13-11(6-9)15(16)20-19-13/h2-7H,1H3,(H,17,18)(H3,16,19,20). The van der Waals surface area contributed by atoms with E-state index in [2.05, 4.69) is 45.5 Å². The highest BCUT2D eigenvalue weighted by Gasteiger charge is 2.09. The number of aromatic nitrogens is 4. The van der Waals surface area contributed by atoms with Gasteiger partial charge >= 0.3 is 0 Å². The van der Waals surface area contributed by atoms with Gasteiger partial charge in [-0.3, -0.25) is 10.2 Å². The van der Waals surface area contributed by atoms with E-state index in [0.29, 0.717) is 5.82 Å². The molecule has 0 atom stereocenters. The summed E-state index contributed by atoms with van der Waals surface area (Å²) in [7, 11) is 0. The van der Waals surface area contributed by atoms with Gasteiger partial charge in [0.1, 0.15) is 0 Å². The molecular formula is C15H13N5. The summed E-state index contributed by atoms with van der Waals surface area (Å²) in [5, 5.41) is 16.1. The van der Waals surface area contributed by atoms with Crippen LogP contribution in [-0.2, 0) is 0 Å². The summed E-state index contributed by atoms with van der Waals surface area (Å²) >= 11 is 0. The first-order chi connectivity index (χ1) is 9.74. The lowest BCUT2D eigenvalue weighted by Gasteiger charge is -2.07. The average molecular weight is 263 g/mol. The second-order valence-electron chi connectivity index (χ2n) is 4.94. The molecule has 0 aliphatic carbocycles. The van der Waals surface area contributed by atoms with Gasteiger partial charge in [0.05, 0.1) is 17.2 Å². The number of aryl methyl sites for hydroxylation is 1. The number of nitrogens with two attached hydrogens (primary N) is 1. The van der Waals surface area contributed by atoms with E-state index in [-0.39, 0.29) is 0 Å². The smallest absolute Gasteiger partial charge is 0.153 e. The highest BCUT2D eigenvalue weighted by Crippen LogP contribution is 2.31. The first-order valence-electron chi connectivity index (χ1n) is 6.41. The van der Waals surface area contributed by atoms with E-state index in [1.165, 1.54) is 11.1 Å². The molecule has 4 N–H and O–H groups in total. The van der Waals surface area contributed by atoms with Crippen LogP contribution < -0.4 is 5.73 Å². The molecule has 0 radical (unpaired) electrons. The lowest BCUT2D eigenvalue weighted by Crippen LogP contribution is -1.86. The molecule has 4 aromatic rings. The van der Waals surface area contributed by atoms with E-state index in [0.717, 1.165) is 27.4 Å². The third kappa shape index (κ3) is 1.43. The summed E-state index contributed by atoms with van der Waals surface area (Å²) in [4.78, 5) is 0. The SMILES string of the molecule is Cc1c(-c2ccc3[nH]nc(N)c3c2)ccc2[nH]ncc12. The summed E-state index contributed by atoms with van der Waals surface area (Å²) in [6.07, 6.45) is 1.86. The number of hydrogen-bond donors (Lipinski definition) is 3. The molecule has 2 heterocycles. The normalized spacial score (nSPS) is 11.4. The number of nitrogens with zero attached hydrogens (tertiary/aromatic N) is 2. The quantitative estimate of drug-likeness (QED) is 0.493. The number of rotatable bonds is 1. The van der Waals surface area contributed by atoms with Gasteiger partial charge in [-0.05, 0) is 41.8 Å². The summed E-state index contributed by atoms with van der Waals surface area (Å²) < 4.78 is 0. The summed E-state index contributed by atoms with van der Waals surface area (Å²) in [5.41, 5.74) is 11.4. The van der Waals surface area contributed by atoms with Crippen molar-refractivity contribution in [1.29, 1.82) is 0 Å². The summed E-state index contributed by atoms with van der Waals surface area (Å²) in [6.45, 7) is 2.11. The molecule has 20 heavy (non-hydrogen) atoms. The zero-order valence-electron chi connectivity index (χ0n) is 10.9. The Morgan fingerprint density at radius 2 is 1.80 bits per heavy atom. The van der Waals surface area contributed by atoms with Crippen LogP contribution >= 0.6 is 0 Å². The third-order valence-electron chi connectivity index (χ3n) is 3.80. The van der Waals surface area contributed by atoms with Crippen molar-refractivity contribution in [2.45, 2.75) is 6.92 Å². The minimum Gasteiger partial charge on any atom is -0.382 e. The lowest BCUT2D eigenvalue weighted by atomic mass is 9.97. The van der Waals surface area contributed by atoms with Gasteiger partial charge in [-0.25, -0.2) is 0 Å². The van der Waals surface area contributed by atoms with Gasteiger partial charge in [-0.1, -0.05) is 12.1 Å². The Hall–Kier alpha value is -2.82. The fourth-order valence-electron chi connectivity index (χ4n) is 2.67. The van der Waals surface area contributed by atoms with Crippen molar-refractivity contribution in [2.75, 3.05) is 5.73 Å². The lowest BCUT2D eigenvalue weighted by molar-refractivity contribution is 1.12. The highest BCUT2D eigenvalue weighted by molar-refractivity contribution is 5.95. The van der Waals surface area contributed by atoms with E-state index >= 15 is 0 Å². The Bertz CT molecular complexity index is 932. The summed E-state index contributed by atoms with van der Waals surface area (Å²) in [5.74, 6) is 0.531. The highest BCUT2D eigenvalue weighted by atomic mass is 15.1. The van der Waals surface area contributed by atoms with Gasteiger partial charge in [0.25, 0.3) is 0 Å². The van der Waals surface area contributed by atoms with E-state index in [9.17, 15) is 0 Å². The molecule has 0 saturated heterocycles. The average Bonchev–Trinajstić information content (AvgIpc) is 3.07. The van der Waals surface area contributed by atoms with Crippen LogP contribution in [0.4, 0.5) is 5.82 Å². The molecule has 0 unspecified atom stereocenters. The molecule has 2 aromatic carbocycles. The molecule has 2 aromatic heterocycles. The predicted molar refractivity (Wildman–Crippen MR) is 80.3 cm³/mol. The number of aromatic amines is 2. The second-order valence-corrected chi connectivity index (χ2v) is 4.94. The number of nitrogens with one attached hydrogen (secondary N) is 2. The van der Waals surface area contributed by atoms with Gasteiger partial charge in [0, 0.05) is 10.8 Å². The Morgan fingerprint density at radius 1 is 1.00 bits per heavy atom. The molecule has 5 nitrogen and oxygen atoms in total. The fraction of sp³-hybridized carbons (Fsp3) is 0.0667. The van der Waals surface area contributed by atoms with Gasteiger partial charge in [-0.15, -0.1) is 0 Å². The summed E-state index contributed by atoms with van der Waals surface area (Å²) in [6, 6.07) is 10.3. The Balaban J connectivity index is 1.99. The largest absolute Gasteiger partial charge is 0.382 e. The molecule has 5 heteroatoms. The van der Waals surface area contributed by atoms with Crippen LogP contribution in [-0.4, -0.2) is 20.4 Å². The Labute approximate surface area is 114 Å². The van der Waals surface area contributed by atoms with Crippen molar-refractivity contribution < 1.29 is 0 Å². The number of nitrogen functional groups attached to an aromatic ring is 1. The van der Waals surface area contributed by atoms with E-state index in [1.807, 2.05) is 18.3 Å². The van der Waals surface area contributed by atoms with Crippen molar-refractivity contribution in [3.05, 3.63) is 42.1 Å². The van der Waals surface area contributed by atoms with Gasteiger partial charge in [-0.2, -0.15) is 10.2 Å². The minimum absolute atomic E-state index is 0.531. The zero-order valence-corrected chi connectivity index (χ0v) is 10.9. The molecular weight excluding hydrogens is 250 g/mol. The van der Waals surface area contributed by atoms with Crippen LogP contribution in [0.5, 0.6) is 0 Å². The van der Waals surface area contributed by atoms with Crippen molar-refractivity contribution in [3.63, 3.8) is 0 Å². The van der Waals surface area contributed by atoms with Crippen molar-refractivity contribution >= 4 is 27.6 Å². The van der Waals surface area contributed by atoms with E-state index < -0.39 is 0 Å². The monoisotopic (exact) mass is 263 g/mol. The first kappa shape index (κ1) is 11.0. The molecule has 98 valence electrons. The van der Waals surface area contributed by atoms with Gasteiger partial charge < -0.3 is 5.73 Å². The molecule has 0 amide bonds. The molecule has 0 aliphatic rings. The molecule has 4 rings (SSSR count). The number of anilines is 1. The third-order valence-corrected chi connectivity index (χ3v) is 3.80. The molecule has 0 spiro atoms. The Kier molecular flexibility index (Phi) is 2.12. The Morgan fingerprint density at radius 3 is 2.70 bits per heavy atom. The number of H-pyrrole nitrogens is 2. The van der Waals surface area contributed by atoms with Crippen molar-refractivity contribution in [1.82, 2.24) is 20.4 Å². The first-order valence-corrected chi connectivity index (χ1v) is 6.41. The van der Waals surface area contributed by atoms with E-state index in [4.69, 9.17) is 5.73 Å². The van der Waals surface area contributed by atoms with Crippen LogP contribution in [0.25, 0.3) is 32.9 Å². The van der Waals surface area contributed by atoms with Gasteiger partial charge in [0.15, 0.2) is 5.82 Å². The zero-order chi connectivity index (χ0) is 13.7. The molecule has 0 bridgehead atoms. The van der Waals surface area contributed by atoms with Crippen LogP contribution in [0.15, 0.2) is 36.5 Å². The maximum absolute atomic E-state index is 5.88. The van der Waals surface area contributed by atoms with Crippen molar-refractivity contribution in [2.24, 2.45) is 0 Å². The maximum atomic E-state index is 5.88. The second kappa shape index (κ2) is 3.84. The minimum atomic E-state index is 0.531. The van der Waals surface area contributed by atoms with Crippen LogP contribution in [0.1, 0.15) is 5.56 Å². The number of benzene rings is 2. The molecule has 0 fully saturated rings. The van der Waals surface area contributed by atoms with E-state index in [1.54, 1.807) is 0 Å². The van der Waals surface area contributed by atoms with Gasteiger partial charge in [0.2, 0.25) is 0 Å². The topological polar surface area (TPSA) is 83.4 Å². The van der Waals surface area contributed by atoms with Crippen LogP contribution in [0.2, 0.25) is 0 Å². The molecule has 0 saturated carbocycles. The number of fused-ring (bicyclic) bond motifs is 2. The number of hydrogen-bond acceptors (Lipinski definition) is 3. The van der Waals surface area contributed by atoms with Crippen molar-refractivity contribution in [3.8, 4) is 11.1 Å². The maximum Gasteiger partial charge on any atom is 0.153 e.